The summed E-state index contributed by atoms with van der Waals surface area (Å²) in [5.74, 6) is 0.559. The maximum absolute atomic E-state index is 11.7. The smallest absolute Gasteiger partial charge is 0.222 e. The molecule has 1 atom stereocenters. The molecule has 1 amide bonds. The number of ether oxygens (including phenoxy) is 1. The zero-order valence-electron chi connectivity index (χ0n) is 12.1. The van der Waals surface area contributed by atoms with Crippen molar-refractivity contribution in [3.05, 3.63) is 28.8 Å². The Kier molecular flexibility index (Phi) is 6.82. The van der Waals surface area contributed by atoms with Crippen LogP contribution in [0.25, 0.3) is 0 Å². The number of benzene rings is 1. The maximum atomic E-state index is 11.7. The first-order valence-corrected chi connectivity index (χ1v) is 7.17. The standard InChI is InChI=1S/C15H22ClNO3/c1-4-20-14-7-12(16)6-5-11(14)9-17-15(19)8-13(18)10(2)3/h5-7,10,13,18H,4,8-9H2,1-3H3,(H,17,19). The Morgan fingerprint density at radius 1 is 1.45 bits per heavy atom. The van der Waals surface area contributed by atoms with E-state index in [0.717, 1.165) is 5.56 Å². The number of hydrogen-bond acceptors (Lipinski definition) is 3. The van der Waals surface area contributed by atoms with E-state index in [1.807, 2.05) is 26.8 Å². The molecule has 2 N–H and O–H groups in total. The minimum atomic E-state index is -0.619. The van der Waals surface area contributed by atoms with Gasteiger partial charge in [0, 0.05) is 17.1 Å². The molecule has 0 saturated heterocycles. The van der Waals surface area contributed by atoms with Gasteiger partial charge in [-0.3, -0.25) is 4.79 Å². The van der Waals surface area contributed by atoms with Gasteiger partial charge in [0.15, 0.2) is 0 Å². The average molecular weight is 300 g/mol. The lowest BCUT2D eigenvalue weighted by Gasteiger charge is -2.15. The van der Waals surface area contributed by atoms with Crippen molar-refractivity contribution < 1.29 is 14.6 Å². The Labute approximate surface area is 125 Å². The summed E-state index contributed by atoms with van der Waals surface area (Å²) in [5.41, 5.74) is 0.864. The van der Waals surface area contributed by atoms with Crippen molar-refractivity contribution >= 4 is 17.5 Å². The van der Waals surface area contributed by atoms with Crippen LogP contribution in [-0.2, 0) is 11.3 Å². The predicted octanol–water partition coefficient (Wildman–Crippen LogP) is 2.76. The number of carbonyl (C=O) groups excluding carboxylic acids is 1. The summed E-state index contributed by atoms with van der Waals surface area (Å²) < 4.78 is 5.48. The van der Waals surface area contributed by atoms with E-state index in [1.54, 1.807) is 12.1 Å². The summed E-state index contributed by atoms with van der Waals surface area (Å²) >= 11 is 5.92. The molecule has 0 aliphatic rings. The number of hydrogen-bond donors (Lipinski definition) is 2. The van der Waals surface area contributed by atoms with Crippen molar-refractivity contribution in [3.8, 4) is 5.75 Å². The second-order valence-corrected chi connectivity index (χ2v) is 5.41. The quantitative estimate of drug-likeness (QED) is 0.814. The number of nitrogens with one attached hydrogen (secondary N) is 1. The molecule has 0 saturated carbocycles. The maximum Gasteiger partial charge on any atom is 0.222 e. The fourth-order valence-corrected chi connectivity index (χ4v) is 1.82. The second kappa shape index (κ2) is 8.12. The molecule has 0 bridgehead atoms. The highest BCUT2D eigenvalue weighted by atomic mass is 35.5. The van der Waals surface area contributed by atoms with Gasteiger partial charge in [0.05, 0.1) is 19.1 Å². The zero-order valence-corrected chi connectivity index (χ0v) is 12.9. The summed E-state index contributed by atoms with van der Waals surface area (Å²) in [4.78, 5) is 11.7. The first-order valence-electron chi connectivity index (χ1n) is 6.80. The monoisotopic (exact) mass is 299 g/mol. The molecule has 0 heterocycles. The van der Waals surface area contributed by atoms with E-state index >= 15 is 0 Å². The van der Waals surface area contributed by atoms with Crippen molar-refractivity contribution in [1.29, 1.82) is 0 Å². The molecular weight excluding hydrogens is 278 g/mol. The van der Waals surface area contributed by atoms with E-state index in [-0.39, 0.29) is 18.2 Å². The lowest BCUT2D eigenvalue weighted by molar-refractivity contribution is -0.123. The van der Waals surface area contributed by atoms with Gasteiger partial charge >= 0.3 is 0 Å². The average Bonchev–Trinajstić information content (AvgIpc) is 2.38. The highest BCUT2D eigenvalue weighted by Gasteiger charge is 2.14. The Morgan fingerprint density at radius 3 is 2.75 bits per heavy atom. The highest BCUT2D eigenvalue weighted by molar-refractivity contribution is 6.30. The van der Waals surface area contributed by atoms with Gasteiger partial charge in [-0.15, -0.1) is 0 Å². The summed E-state index contributed by atoms with van der Waals surface area (Å²) in [6.07, 6.45) is -0.513. The normalized spacial score (nSPS) is 12.3. The Hall–Kier alpha value is -1.26. The third kappa shape index (κ3) is 5.39. The Morgan fingerprint density at radius 2 is 2.15 bits per heavy atom. The molecule has 20 heavy (non-hydrogen) atoms. The van der Waals surface area contributed by atoms with Crippen LogP contribution < -0.4 is 10.1 Å². The van der Waals surface area contributed by atoms with Crippen molar-refractivity contribution in [3.63, 3.8) is 0 Å². The van der Waals surface area contributed by atoms with Gasteiger partial charge in [-0.25, -0.2) is 0 Å². The fraction of sp³-hybridized carbons (Fsp3) is 0.533. The van der Waals surface area contributed by atoms with Crippen LogP contribution in [0, 0.1) is 5.92 Å². The van der Waals surface area contributed by atoms with Gasteiger partial charge in [0.2, 0.25) is 5.91 Å². The summed E-state index contributed by atoms with van der Waals surface area (Å²) in [6.45, 7) is 6.54. The zero-order chi connectivity index (χ0) is 15.1. The molecule has 0 fully saturated rings. The fourth-order valence-electron chi connectivity index (χ4n) is 1.66. The van der Waals surface area contributed by atoms with E-state index in [1.165, 1.54) is 0 Å². The van der Waals surface area contributed by atoms with Crippen LogP contribution in [0.5, 0.6) is 5.75 Å². The summed E-state index contributed by atoms with van der Waals surface area (Å²) in [6, 6.07) is 5.32. The second-order valence-electron chi connectivity index (χ2n) is 4.98. The molecule has 0 radical (unpaired) electrons. The molecule has 1 unspecified atom stereocenters. The number of halogens is 1. The number of aliphatic hydroxyl groups is 1. The van der Waals surface area contributed by atoms with Crippen molar-refractivity contribution in [2.45, 2.75) is 39.8 Å². The Balaban J connectivity index is 2.59. The molecule has 1 aromatic rings. The van der Waals surface area contributed by atoms with Crippen LogP contribution in [0.1, 0.15) is 32.8 Å². The molecule has 0 aromatic heterocycles. The lowest BCUT2D eigenvalue weighted by atomic mass is 10.0. The lowest BCUT2D eigenvalue weighted by Crippen LogP contribution is -2.29. The number of carbonyl (C=O) groups is 1. The molecule has 1 rings (SSSR count). The van der Waals surface area contributed by atoms with Crippen LogP contribution >= 0.6 is 11.6 Å². The molecule has 0 aliphatic heterocycles. The molecule has 0 aliphatic carbocycles. The summed E-state index contributed by atoms with van der Waals surface area (Å²) in [7, 11) is 0. The third-order valence-corrected chi connectivity index (χ3v) is 3.20. The van der Waals surface area contributed by atoms with Gasteiger partial charge in [-0.1, -0.05) is 31.5 Å². The first kappa shape index (κ1) is 16.8. The van der Waals surface area contributed by atoms with E-state index in [2.05, 4.69) is 5.32 Å². The molecule has 4 nitrogen and oxygen atoms in total. The van der Waals surface area contributed by atoms with E-state index in [4.69, 9.17) is 16.3 Å². The van der Waals surface area contributed by atoms with Gasteiger partial charge in [-0.05, 0) is 25.0 Å². The largest absolute Gasteiger partial charge is 0.493 e. The first-order chi connectivity index (χ1) is 9.43. The predicted molar refractivity (Wildman–Crippen MR) is 79.9 cm³/mol. The van der Waals surface area contributed by atoms with Gasteiger partial charge in [-0.2, -0.15) is 0 Å². The summed E-state index contributed by atoms with van der Waals surface area (Å²) in [5, 5.41) is 13.0. The van der Waals surface area contributed by atoms with Gasteiger partial charge in [0.1, 0.15) is 5.75 Å². The van der Waals surface area contributed by atoms with Crippen molar-refractivity contribution in [1.82, 2.24) is 5.32 Å². The van der Waals surface area contributed by atoms with Crippen LogP contribution in [0.15, 0.2) is 18.2 Å². The van der Waals surface area contributed by atoms with E-state index < -0.39 is 6.10 Å². The van der Waals surface area contributed by atoms with Crippen LogP contribution in [-0.4, -0.2) is 23.7 Å². The third-order valence-electron chi connectivity index (χ3n) is 2.97. The van der Waals surface area contributed by atoms with Crippen molar-refractivity contribution in [2.75, 3.05) is 6.61 Å². The van der Waals surface area contributed by atoms with Gasteiger partial charge < -0.3 is 15.2 Å². The minimum absolute atomic E-state index is 0.0651. The molecule has 112 valence electrons. The molecular formula is C15H22ClNO3. The Bertz CT molecular complexity index is 449. The number of aliphatic hydroxyl groups excluding tert-OH is 1. The van der Waals surface area contributed by atoms with E-state index in [9.17, 15) is 9.90 Å². The number of rotatable bonds is 7. The van der Waals surface area contributed by atoms with Crippen molar-refractivity contribution in [2.24, 2.45) is 5.92 Å². The van der Waals surface area contributed by atoms with Crippen LogP contribution in [0.4, 0.5) is 0 Å². The van der Waals surface area contributed by atoms with E-state index in [0.29, 0.717) is 23.9 Å². The van der Waals surface area contributed by atoms with Crippen LogP contribution in [0.3, 0.4) is 0 Å². The molecule has 0 spiro atoms. The van der Waals surface area contributed by atoms with Gasteiger partial charge in [0.25, 0.3) is 0 Å². The number of amides is 1. The van der Waals surface area contributed by atoms with Crippen LogP contribution in [0.2, 0.25) is 5.02 Å². The SMILES string of the molecule is CCOc1cc(Cl)ccc1CNC(=O)CC(O)C(C)C. The molecule has 1 aromatic carbocycles. The minimum Gasteiger partial charge on any atom is -0.493 e. The highest BCUT2D eigenvalue weighted by Crippen LogP contribution is 2.23. The topological polar surface area (TPSA) is 58.6 Å². The molecule has 5 heteroatoms.